The van der Waals surface area contributed by atoms with Gasteiger partial charge in [-0.25, -0.2) is 8.42 Å². The van der Waals surface area contributed by atoms with Crippen molar-refractivity contribution >= 4 is 38.9 Å². The SMILES string of the molecule is COc1ccc(NC(=O)CN(c2ccc(OC)c(Cl)c2)S(=O)(=O)c2ccccc2)cc1. The second-order valence-electron chi connectivity index (χ2n) is 6.42. The Kier molecular flexibility index (Phi) is 7.04. The van der Waals surface area contributed by atoms with Crippen LogP contribution < -0.4 is 19.1 Å². The standard InChI is InChI=1S/C22H21ClN2O5S/c1-29-18-11-8-16(9-12-18)24-22(26)15-25(17-10-13-21(30-2)20(23)14-17)31(27,28)19-6-4-3-5-7-19/h3-14H,15H2,1-2H3,(H,24,26). The van der Waals surface area contributed by atoms with Gasteiger partial charge in [-0.3, -0.25) is 9.10 Å². The summed E-state index contributed by atoms with van der Waals surface area (Å²) in [5, 5.41) is 2.92. The molecule has 3 aromatic rings. The van der Waals surface area contributed by atoms with E-state index in [1.165, 1.54) is 31.4 Å². The van der Waals surface area contributed by atoms with Gasteiger partial charge in [-0.2, -0.15) is 0 Å². The van der Waals surface area contributed by atoms with Crippen LogP contribution in [0.4, 0.5) is 11.4 Å². The summed E-state index contributed by atoms with van der Waals surface area (Å²) in [7, 11) is -1.03. The number of halogens is 1. The van der Waals surface area contributed by atoms with Crippen molar-refractivity contribution in [2.75, 3.05) is 30.4 Å². The number of anilines is 2. The molecular formula is C22H21ClN2O5S. The van der Waals surface area contributed by atoms with Gasteiger partial charge in [0.15, 0.2) is 0 Å². The molecule has 3 aromatic carbocycles. The molecule has 0 saturated heterocycles. The zero-order valence-corrected chi connectivity index (χ0v) is 18.5. The van der Waals surface area contributed by atoms with E-state index >= 15 is 0 Å². The number of amides is 1. The minimum absolute atomic E-state index is 0.0548. The summed E-state index contributed by atoms with van der Waals surface area (Å²) >= 11 is 6.21. The molecule has 0 fully saturated rings. The van der Waals surface area contributed by atoms with Crippen molar-refractivity contribution in [3.63, 3.8) is 0 Å². The summed E-state index contributed by atoms with van der Waals surface area (Å²) in [6.07, 6.45) is 0. The Labute approximate surface area is 186 Å². The van der Waals surface area contributed by atoms with Gasteiger partial charge in [0.25, 0.3) is 10.0 Å². The number of methoxy groups -OCH3 is 2. The van der Waals surface area contributed by atoms with E-state index in [0.717, 1.165) is 4.31 Å². The lowest BCUT2D eigenvalue weighted by Crippen LogP contribution is -2.38. The van der Waals surface area contributed by atoms with Crippen molar-refractivity contribution in [2.45, 2.75) is 4.90 Å². The maximum Gasteiger partial charge on any atom is 0.264 e. The van der Waals surface area contributed by atoms with Crippen LogP contribution >= 0.6 is 11.6 Å². The van der Waals surface area contributed by atoms with E-state index in [9.17, 15) is 13.2 Å². The first-order valence-electron chi connectivity index (χ1n) is 9.20. The summed E-state index contributed by atoms with van der Waals surface area (Å²) < 4.78 is 37.9. The predicted molar refractivity (Wildman–Crippen MR) is 121 cm³/mol. The number of hydrogen-bond acceptors (Lipinski definition) is 5. The predicted octanol–water partition coefficient (Wildman–Crippen LogP) is 4.19. The van der Waals surface area contributed by atoms with Crippen LogP contribution in [-0.2, 0) is 14.8 Å². The van der Waals surface area contributed by atoms with E-state index in [1.54, 1.807) is 55.6 Å². The number of benzene rings is 3. The van der Waals surface area contributed by atoms with Crippen LogP contribution in [0.3, 0.4) is 0 Å². The molecular weight excluding hydrogens is 440 g/mol. The van der Waals surface area contributed by atoms with Crippen LogP contribution in [0.5, 0.6) is 11.5 Å². The first-order valence-corrected chi connectivity index (χ1v) is 11.0. The zero-order valence-electron chi connectivity index (χ0n) is 16.9. The second-order valence-corrected chi connectivity index (χ2v) is 8.69. The Morgan fingerprint density at radius 3 is 2.23 bits per heavy atom. The lowest BCUT2D eigenvalue weighted by Gasteiger charge is -2.24. The number of carbonyl (C=O) groups is 1. The van der Waals surface area contributed by atoms with Gasteiger partial charge < -0.3 is 14.8 Å². The summed E-state index contributed by atoms with van der Waals surface area (Å²) in [6.45, 7) is -0.452. The van der Waals surface area contributed by atoms with Crippen molar-refractivity contribution in [3.8, 4) is 11.5 Å². The molecule has 7 nitrogen and oxygen atoms in total. The summed E-state index contributed by atoms with van der Waals surface area (Å²) in [5.41, 5.74) is 0.746. The monoisotopic (exact) mass is 460 g/mol. The van der Waals surface area contributed by atoms with Gasteiger partial charge in [0, 0.05) is 5.69 Å². The van der Waals surface area contributed by atoms with Crippen LogP contribution in [0.1, 0.15) is 0 Å². The highest BCUT2D eigenvalue weighted by Gasteiger charge is 2.27. The van der Waals surface area contributed by atoms with Crippen LogP contribution in [0, 0.1) is 0 Å². The number of nitrogens with zero attached hydrogens (tertiary/aromatic N) is 1. The Morgan fingerprint density at radius 1 is 0.968 bits per heavy atom. The molecule has 3 rings (SSSR count). The van der Waals surface area contributed by atoms with E-state index in [1.807, 2.05) is 0 Å². The van der Waals surface area contributed by atoms with E-state index in [4.69, 9.17) is 21.1 Å². The Morgan fingerprint density at radius 2 is 1.65 bits per heavy atom. The van der Waals surface area contributed by atoms with Gasteiger partial charge >= 0.3 is 0 Å². The number of hydrogen-bond donors (Lipinski definition) is 1. The smallest absolute Gasteiger partial charge is 0.264 e. The highest BCUT2D eigenvalue weighted by atomic mass is 35.5. The third-order valence-corrected chi connectivity index (χ3v) is 6.50. The van der Waals surface area contributed by atoms with Crippen molar-refractivity contribution in [1.29, 1.82) is 0 Å². The molecule has 9 heteroatoms. The lowest BCUT2D eigenvalue weighted by atomic mass is 10.3. The fourth-order valence-electron chi connectivity index (χ4n) is 2.85. The van der Waals surface area contributed by atoms with E-state index < -0.39 is 22.5 Å². The molecule has 1 N–H and O–H groups in total. The molecule has 31 heavy (non-hydrogen) atoms. The third kappa shape index (κ3) is 5.28. The van der Waals surface area contributed by atoms with Gasteiger partial charge in [0.05, 0.1) is 29.8 Å². The Bertz CT molecular complexity index is 1150. The molecule has 0 radical (unpaired) electrons. The number of carbonyl (C=O) groups excluding carboxylic acids is 1. The van der Waals surface area contributed by atoms with Crippen LogP contribution in [0.25, 0.3) is 0 Å². The topological polar surface area (TPSA) is 84.9 Å². The molecule has 0 spiro atoms. The number of nitrogens with one attached hydrogen (secondary N) is 1. The molecule has 0 bridgehead atoms. The molecule has 162 valence electrons. The number of rotatable bonds is 8. The van der Waals surface area contributed by atoms with E-state index in [2.05, 4.69) is 5.32 Å². The zero-order chi connectivity index (χ0) is 22.4. The average Bonchev–Trinajstić information content (AvgIpc) is 2.78. The van der Waals surface area contributed by atoms with Crippen LogP contribution in [-0.4, -0.2) is 35.1 Å². The highest BCUT2D eigenvalue weighted by molar-refractivity contribution is 7.92. The van der Waals surface area contributed by atoms with Crippen LogP contribution in [0.2, 0.25) is 5.02 Å². The third-order valence-electron chi connectivity index (χ3n) is 4.42. The molecule has 0 aromatic heterocycles. The minimum Gasteiger partial charge on any atom is -0.497 e. The molecule has 0 aliphatic carbocycles. The van der Waals surface area contributed by atoms with Gasteiger partial charge in [0.1, 0.15) is 18.0 Å². The molecule has 0 unspecified atom stereocenters. The first kappa shape index (κ1) is 22.5. The molecule has 1 amide bonds. The fourth-order valence-corrected chi connectivity index (χ4v) is 4.54. The maximum absolute atomic E-state index is 13.3. The maximum atomic E-state index is 13.3. The first-order chi connectivity index (χ1) is 14.8. The van der Waals surface area contributed by atoms with Gasteiger partial charge in [0.2, 0.25) is 5.91 Å². The molecule has 0 heterocycles. The van der Waals surface area contributed by atoms with Crippen molar-refractivity contribution in [1.82, 2.24) is 0 Å². The Hall–Kier alpha value is -3.23. The summed E-state index contributed by atoms with van der Waals surface area (Å²) in [6, 6.07) is 19.1. The number of ether oxygens (including phenoxy) is 2. The van der Waals surface area contributed by atoms with Gasteiger partial charge in [-0.15, -0.1) is 0 Å². The highest BCUT2D eigenvalue weighted by Crippen LogP contribution is 2.32. The van der Waals surface area contributed by atoms with Crippen molar-refractivity contribution in [3.05, 3.63) is 77.8 Å². The number of sulfonamides is 1. The fraction of sp³-hybridized carbons (Fsp3) is 0.136. The quantitative estimate of drug-likeness (QED) is 0.544. The molecule has 0 aliphatic rings. The largest absolute Gasteiger partial charge is 0.497 e. The van der Waals surface area contributed by atoms with Crippen molar-refractivity contribution in [2.24, 2.45) is 0 Å². The average molecular weight is 461 g/mol. The van der Waals surface area contributed by atoms with Crippen LogP contribution in [0.15, 0.2) is 77.7 Å². The summed E-state index contributed by atoms with van der Waals surface area (Å²) in [4.78, 5) is 12.8. The minimum atomic E-state index is -4.04. The lowest BCUT2D eigenvalue weighted by molar-refractivity contribution is -0.114. The normalized spacial score (nSPS) is 10.9. The molecule has 0 saturated carbocycles. The molecule has 0 atom stereocenters. The van der Waals surface area contributed by atoms with Gasteiger partial charge in [-0.05, 0) is 54.6 Å². The van der Waals surface area contributed by atoms with E-state index in [0.29, 0.717) is 17.2 Å². The Balaban J connectivity index is 1.93. The second kappa shape index (κ2) is 9.72. The molecule has 0 aliphatic heterocycles. The summed E-state index contributed by atoms with van der Waals surface area (Å²) in [5.74, 6) is 0.515. The van der Waals surface area contributed by atoms with Gasteiger partial charge in [-0.1, -0.05) is 29.8 Å². The van der Waals surface area contributed by atoms with Crippen molar-refractivity contribution < 1.29 is 22.7 Å². The van der Waals surface area contributed by atoms with E-state index in [-0.39, 0.29) is 15.6 Å².